The van der Waals surface area contributed by atoms with Gasteiger partial charge in [-0.1, -0.05) is 0 Å². The standard InChI is InChI=1S/C14H19N3O5S/c1-22-7-13(18)16-5-6-17(14(19)10-3-2-4-15-10)12-9-23(20,21)8-11(12)16/h2-4,11-12,15H,5-9H2,1H3/t11-,12+/m0/s1. The van der Waals surface area contributed by atoms with Crippen molar-refractivity contribution in [2.45, 2.75) is 12.1 Å². The van der Waals surface area contributed by atoms with Gasteiger partial charge in [-0.15, -0.1) is 0 Å². The maximum Gasteiger partial charge on any atom is 0.270 e. The van der Waals surface area contributed by atoms with Gasteiger partial charge in [-0.05, 0) is 12.1 Å². The number of aromatic amines is 1. The number of aromatic nitrogens is 1. The highest BCUT2D eigenvalue weighted by molar-refractivity contribution is 7.91. The first-order chi connectivity index (χ1) is 10.9. The van der Waals surface area contributed by atoms with Crippen LogP contribution >= 0.6 is 0 Å². The van der Waals surface area contributed by atoms with Gasteiger partial charge in [-0.3, -0.25) is 9.59 Å². The summed E-state index contributed by atoms with van der Waals surface area (Å²) in [6.45, 7) is 0.531. The Hall–Kier alpha value is -1.87. The van der Waals surface area contributed by atoms with E-state index in [4.69, 9.17) is 4.74 Å². The summed E-state index contributed by atoms with van der Waals surface area (Å²) < 4.78 is 29.0. The highest BCUT2D eigenvalue weighted by Gasteiger charge is 2.49. The Bertz CT molecular complexity index is 700. The SMILES string of the molecule is COCC(=O)N1CCN(C(=O)c2ccc[nH]2)[C@@H]2CS(=O)(=O)C[C@@H]21. The molecule has 0 unspecified atom stereocenters. The van der Waals surface area contributed by atoms with E-state index in [-0.39, 0.29) is 29.9 Å². The molecule has 1 aromatic heterocycles. The highest BCUT2D eigenvalue weighted by atomic mass is 32.2. The fourth-order valence-corrected chi connectivity index (χ4v) is 5.32. The fourth-order valence-electron chi connectivity index (χ4n) is 3.34. The number of carbonyl (C=O) groups is 2. The van der Waals surface area contributed by atoms with Crippen molar-refractivity contribution in [3.63, 3.8) is 0 Å². The van der Waals surface area contributed by atoms with Crippen molar-refractivity contribution in [3.8, 4) is 0 Å². The van der Waals surface area contributed by atoms with Crippen molar-refractivity contribution >= 4 is 21.7 Å². The van der Waals surface area contributed by atoms with Gasteiger partial charge in [0.05, 0.1) is 23.6 Å². The van der Waals surface area contributed by atoms with Gasteiger partial charge < -0.3 is 19.5 Å². The van der Waals surface area contributed by atoms with Gasteiger partial charge in [0.2, 0.25) is 5.91 Å². The molecule has 0 bridgehead atoms. The summed E-state index contributed by atoms with van der Waals surface area (Å²) in [5, 5.41) is 0. The van der Waals surface area contributed by atoms with Crippen LogP contribution in [0.5, 0.6) is 0 Å². The van der Waals surface area contributed by atoms with Gasteiger partial charge in [-0.2, -0.15) is 0 Å². The summed E-state index contributed by atoms with van der Waals surface area (Å²) in [6, 6.07) is 2.36. The largest absolute Gasteiger partial charge is 0.375 e. The molecule has 0 saturated carbocycles. The van der Waals surface area contributed by atoms with E-state index < -0.39 is 21.9 Å². The van der Waals surface area contributed by atoms with Gasteiger partial charge in [0.25, 0.3) is 5.91 Å². The average molecular weight is 341 g/mol. The maximum atomic E-state index is 12.6. The van der Waals surface area contributed by atoms with Crippen LogP contribution in [0.25, 0.3) is 0 Å². The molecule has 9 heteroatoms. The summed E-state index contributed by atoms with van der Waals surface area (Å²) in [4.78, 5) is 30.7. The Labute approximate surface area is 134 Å². The topological polar surface area (TPSA) is 99.8 Å². The zero-order valence-electron chi connectivity index (χ0n) is 12.8. The molecule has 3 rings (SSSR count). The zero-order chi connectivity index (χ0) is 16.6. The first kappa shape index (κ1) is 16.0. The number of piperazine rings is 1. The van der Waals surface area contributed by atoms with Crippen molar-refractivity contribution in [3.05, 3.63) is 24.0 Å². The van der Waals surface area contributed by atoms with E-state index in [1.54, 1.807) is 23.2 Å². The van der Waals surface area contributed by atoms with Crippen molar-refractivity contribution < 1.29 is 22.7 Å². The first-order valence-electron chi connectivity index (χ1n) is 7.36. The van der Waals surface area contributed by atoms with Crippen molar-refractivity contribution in [2.24, 2.45) is 0 Å². The summed E-state index contributed by atoms with van der Waals surface area (Å²) in [5.41, 5.74) is 0.421. The molecule has 8 nitrogen and oxygen atoms in total. The third-order valence-electron chi connectivity index (χ3n) is 4.35. The van der Waals surface area contributed by atoms with Gasteiger partial charge in [0.15, 0.2) is 9.84 Å². The number of H-pyrrole nitrogens is 1. The molecule has 0 spiro atoms. The lowest BCUT2D eigenvalue weighted by Crippen LogP contribution is -2.62. The second kappa shape index (κ2) is 5.97. The number of nitrogens with one attached hydrogen (secondary N) is 1. The lowest BCUT2D eigenvalue weighted by molar-refractivity contribution is -0.140. The van der Waals surface area contributed by atoms with Crippen molar-refractivity contribution in [2.75, 3.05) is 38.3 Å². The molecule has 0 aromatic carbocycles. The molecule has 1 aromatic rings. The Morgan fingerprint density at radius 2 is 1.91 bits per heavy atom. The molecule has 2 atom stereocenters. The molecule has 3 heterocycles. The third-order valence-corrected chi connectivity index (χ3v) is 6.05. The molecular weight excluding hydrogens is 322 g/mol. The number of carbonyl (C=O) groups excluding carboxylic acids is 2. The molecule has 2 saturated heterocycles. The number of ether oxygens (including phenoxy) is 1. The van der Waals surface area contributed by atoms with Crippen molar-refractivity contribution in [1.29, 1.82) is 0 Å². The molecule has 2 aliphatic rings. The van der Waals surface area contributed by atoms with Crippen LogP contribution in [0.3, 0.4) is 0 Å². The van der Waals surface area contributed by atoms with Crippen LogP contribution in [-0.2, 0) is 19.4 Å². The Balaban J connectivity index is 1.87. The normalized spacial score (nSPS) is 26.1. The molecule has 0 radical (unpaired) electrons. The van der Waals surface area contributed by atoms with E-state index in [1.807, 2.05) is 0 Å². The van der Waals surface area contributed by atoms with Crippen LogP contribution in [0.1, 0.15) is 10.5 Å². The maximum absolute atomic E-state index is 12.6. The van der Waals surface area contributed by atoms with E-state index in [0.29, 0.717) is 18.8 Å². The lowest BCUT2D eigenvalue weighted by atomic mass is 10.0. The third kappa shape index (κ3) is 2.98. The second-order valence-electron chi connectivity index (χ2n) is 5.81. The Morgan fingerprint density at radius 3 is 2.52 bits per heavy atom. The summed E-state index contributed by atoms with van der Waals surface area (Å²) >= 11 is 0. The number of amides is 2. The second-order valence-corrected chi connectivity index (χ2v) is 7.97. The lowest BCUT2D eigenvalue weighted by Gasteiger charge is -2.43. The Morgan fingerprint density at radius 1 is 1.26 bits per heavy atom. The predicted octanol–water partition coefficient (Wildman–Crippen LogP) is -0.889. The molecule has 2 fully saturated rings. The molecule has 23 heavy (non-hydrogen) atoms. The highest BCUT2D eigenvalue weighted by Crippen LogP contribution is 2.28. The first-order valence-corrected chi connectivity index (χ1v) is 9.18. The number of sulfone groups is 1. The van der Waals surface area contributed by atoms with E-state index in [2.05, 4.69) is 4.98 Å². The fraction of sp³-hybridized carbons (Fsp3) is 0.571. The molecule has 2 aliphatic heterocycles. The number of fused-ring (bicyclic) bond motifs is 1. The average Bonchev–Trinajstić information content (AvgIpc) is 3.11. The van der Waals surface area contributed by atoms with Gasteiger partial charge >= 0.3 is 0 Å². The minimum absolute atomic E-state index is 0.0894. The van der Waals surface area contributed by atoms with E-state index in [1.165, 1.54) is 12.0 Å². The van der Waals surface area contributed by atoms with Gasteiger partial charge in [-0.25, -0.2) is 8.42 Å². The molecule has 1 N–H and O–H groups in total. The summed E-state index contributed by atoms with van der Waals surface area (Å²) in [6.07, 6.45) is 1.65. The van der Waals surface area contributed by atoms with Crippen LogP contribution in [0.2, 0.25) is 0 Å². The number of methoxy groups -OCH3 is 1. The Kier molecular flexibility index (Phi) is 4.15. The van der Waals surface area contributed by atoms with Crippen LogP contribution in [0.15, 0.2) is 18.3 Å². The van der Waals surface area contributed by atoms with Crippen LogP contribution in [0.4, 0.5) is 0 Å². The summed E-state index contributed by atoms with van der Waals surface area (Å²) in [7, 11) is -1.86. The molecule has 126 valence electrons. The number of rotatable bonds is 3. The van der Waals surface area contributed by atoms with Crippen LogP contribution in [-0.4, -0.2) is 85.4 Å². The monoisotopic (exact) mass is 341 g/mol. The molecule has 2 amide bonds. The van der Waals surface area contributed by atoms with Crippen molar-refractivity contribution in [1.82, 2.24) is 14.8 Å². The van der Waals surface area contributed by atoms with Gasteiger partial charge in [0, 0.05) is 26.4 Å². The van der Waals surface area contributed by atoms with Crippen LogP contribution < -0.4 is 0 Å². The summed E-state index contributed by atoms with van der Waals surface area (Å²) in [5.74, 6) is -0.699. The zero-order valence-corrected chi connectivity index (χ0v) is 13.6. The predicted molar refractivity (Wildman–Crippen MR) is 81.6 cm³/mol. The number of nitrogens with zero attached hydrogens (tertiary/aromatic N) is 2. The van der Waals surface area contributed by atoms with E-state index >= 15 is 0 Å². The number of hydrogen-bond donors (Lipinski definition) is 1. The van der Waals surface area contributed by atoms with Gasteiger partial charge in [0.1, 0.15) is 12.3 Å². The molecule has 0 aliphatic carbocycles. The number of hydrogen-bond acceptors (Lipinski definition) is 5. The molecular formula is C14H19N3O5S. The van der Waals surface area contributed by atoms with Crippen LogP contribution in [0, 0.1) is 0 Å². The van der Waals surface area contributed by atoms with E-state index in [0.717, 1.165) is 0 Å². The van der Waals surface area contributed by atoms with E-state index in [9.17, 15) is 18.0 Å². The minimum Gasteiger partial charge on any atom is -0.375 e. The minimum atomic E-state index is -3.28. The quantitative estimate of drug-likeness (QED) is 0.769. The smallest absolute Gasteiger partial charge is 0.270 e.